The minimum atomic E-state index is -0.00739. The van der Waals surface area contributed by atoms with Gasteiger partial charge in [0.05, 0.1) is 13.7 Å². The van der Waals surface area contributed by atoms with Crippen LogP contribution in [0.5, 0.6) is 5.75 Å². The summed E-state index contributed by atoms with van der Waals surface area (Å²) in [4.78, 5) is 4.40. The molecule has 0 spiro atoms. The first-order valence-corrected chi connectivity index (χ1v) is 6.70. The van der Waals surface area contributed by atoms with Gasteiger partial charge in [-0.25, -0.2) is 4.98 Å². The maximum absolute atomic E-state index is 5.64. The standard InChI is InChI=1S/C16H22N2O2/c1-10-6-11(13-9-20-14(8-17)18-13)15(19-5)12(7-10)16(2,3)4/h6-7,9H,8,17H2,1-5H3. The quantitative estimate of drug-likeness (QED) is 0.931. The summed E-state index contributed by atoms with van der Waals surface area (Å²) in [5, 5.41) is 0. The number of aromatic nitrogens is 1. The van der Waals surface area contributed by atoms with Crippen LogP contribution >= 0.6 is 0 Å². The average molecular weight is 274 g/mol. The zero-order valence-electron chi connectivity index (χ0n) is 12.8. The fourth-order valence-electron chi connectivity index (χ4n) is 2.27. The lowest BCUT2D eigenvalue weighted by molar-refractivity contribution is 0.399. The van der Waals surface area contributed by atoms with E-state index in [0.29, 0.717) is 12.4 Å². The Bertz CT molecular complexity index is 609. The highest BCUT2D eigenvalue weighted by atomic mass is 16.5. The molecule has 0 saturated carbocycles. The Morgan fingerprint density at radius 3 is 2.50 bits per heavy atom. The molecule has 0 atom stereocenters. The second kappa shape index (κ2) is 5.29. The van der Waals surface area contributed by atoms with Crippen molar-refractivity contribution < 1.29 is 9.15 Å². The molecule has 0 radical (unpaired) electrons. The van der Waals surface area contributed by atoms with E-state index in [4.69, 9.17) is 14.9 Å². The second-order valence-electron chi connectivity index (χ2n) is 5.97. The van der Waals surface area contributed by atoms with Crippen LogP contribution < -0.4 is 10.5 Å². The lowest BCUT2D eigenvalue weighted by Gasteiger charge is -2.24. The molecule has 0 aliphatic rings. The van der Waals surface area contributed by atoms with Gasteiger partial charge >= 0.3 is 0 Å². The van der Waals surface area contributed by atoms with Crippen LogP contribution in [0.15, 0.2) is 22.8 Å². The largest absolute Gasteiger partial charge is 0.496 e. The van der Waals surface area contributed by atoms with Crippen molar-refractivity contribution in [1.82, 2.24) is 4.98 Å². The Balaban J connectivity index is 2.66. The molecule has 108 valence electrons. The predicted molar refractivity (Wildman–Crippen MR) is 79.8 cm³/mol. The van der Waals surface area contributed by atoms with Crippen molar-refractivity contribution >= 4 is 0 Å². The van der Waals surface area contributed by atoms with Crippen LogP contribution in [0.4, 0.5) is 0 Å². The molecular weight excluding hydrogens is 252 g/mol. The molecule has 0 unspecified atom stereocenters. The van der Waals surface area contributed by atoms with E-state index < -0.39 is 0 Å². The van der Waals surface area contributed by atoms with Crippen molar-refractivity contribution in [3.8, 4) is 17.0 Å². The molecular formula is C16H22N2O2. The molecule has 0 aliphatic heterocycles. The number of aryl methyl sites for hydroxylation is 1. The monoisotopic (exact) mass is 274 g/mol. The van der Waals surface area contributed by atoms with Gasteiger partial charge in [0.25, 0.3) is 0 Å². The van der Waals surface area contributed by atoms with Gasteiger partial charge in [0, 0.05) is 11.1 Å². The molecule has 0 saturated heterocycles. The van der Waals surface area contributed by atoms with Gasteiger partial charge in [-0.05, 0) is 24.0 Å². The summed E-state index contributed by atoms with van der Waals surface area (Å²) in [6.45, 7) is 8.87. The van der Waals surface area contributed by atoms with Gasteiger partial charge in [-0.15, -0.1) is 0 Å². The lowest BCUT2D eigenvalue weighted by atomic mass is 9.84. The van der Waals surface area contributed by atoms with E-state index >= 15 is 0 Å². The molecule has 2 rings (SSSR count). The van der Waals surface area contributed by atoms with Gasteiger partial charge in [-0.2, -0.15) is 0 Å². The van der Waals surface area contributed by atoms with Gasteiger partial charge in [0.2, 0.25) is 5.89 Å². The number of ether oxygens (including phenoxy) is 1. The predicted octanol–water partition coefficient (Wildman–Crippen LogP) is 3.41. The molecule has 4 heteroatoms. The van der Waals surface area contributed by atoms with Gasteiger partial charge in [-0.3, -0.25) is 0 Å². The zero-order chi connectivity index (χ0) is 14.9. The highest BCUT2D eigenvalue weighted by Gasteiger charge is 2.23. The van der Waals surface area contributed by atoms with Gasteiger partial charge in [-0.1, -0.05) is 26.8 Å². The Morgan fingerprint density at radius 1 is 1.30 bits per heavy atom. The minimum absolute atomic E-state index is 0.00739. The number of methoxy groups -OCH3 is 1. The first-order valence-electron chi connectivity index (χ1n) is 6.70. The fraction of sp³-hybridized carbons (Fsp3) is 0.438. The number of oxazole rings is 1. The van der Waals surface area contributed by atoms with Crippen LogP contribution in [0.25, 0.3) is 11.3 Å². The van der Waals surface area contributed by atoms with Crippen LogP contribution in [-0.2, 0) is 12.0 Å². The average Bonchev–Trinajstić information content (AvgIpc) is 2.85. The molecule has 0 aliphatic carbocycles. The number of nitrogens with two attached hydrogens (primary N) is 1. The first kappa shape index (κ1) is 14.6. The Labute approximate surface area is 120 Å². The van der Waals surface area contributed by atoms with Crippen LogP contribution in [0, 0.1) is 6.92 Å². The fourth-order valence-corrected chi connectivity index (χ4v) is 2.27. The maximum Gasteiger partial charge on any atom is 0.208 e. The topological polar surface area (TPSA) is 61.3 Å². The normalized spacial score (nSPS) is 11.7. The van der Waals surface area contributed by atoms with Crippen LogP contribution in [0.3, 0.4) is 0 Å². The van der Waals surface area contributed by atoms with E-state index in [-0.39, 0.29) is 5.41 Å². The van der Waals surface area contributed by atoms with Crippen molar-refractivity contribution in [1.29, 1.82) is 0 Å². The van der Waals surface area contributed by atoms with Crippen molar-refractivity contribution in [3.63, 3.8) is 0 Å². The van der Waals surface area contributed by atoms with E-state index in [1.54, 1.807) is 13.4 Å². The summed E-state index contributed by atoms with van der Waals surface area (Å²) in [6.07, 6.45) is 1.63. The third-order valence-electron chi connectivity index (χ3n) is 3.25. The Morgan fingerprint density at radius 2 is 2.00 bits per heavy atom. The third kappa shape index (κ3) is 2.70. The SMILES string of the molecule is COc1c(-c2coc(CN)n2)cc(C)cc1C(C)(C)C. The van der Waals surface area contributed by atoms with Crippen LogP contribution in [0.1, 0.15) is 37.8 Å². The van der Waals surface area contributed by atoms with E-state index in [1.165, 1.54) is 5.56 Å². The minimum Gasteiger partial charge on any atom is -0.496 e. The molecule has 0 bridgehead atoms. The summed E-state index contributed by atoms with van der Waals surface area (Å²) in [6, 6.07) is 4.22. The van der Waals surface area contributed by atoms with Crippen molar-refractivity contribution in [2.75, 3.05) is 7.11 Å². The summed E-state index contributed by atoms with van der Waals surface area (Å²) in [7, 11) is 1.69. The third-order valence-corrected chi connectivity index (χ3v) is 3.25. The van der Waals surface area contributed by atoms with Crippen molar-refractivity contribution in [2.24, 2.45) is 5.73 Å². The number of rotatable bonds is 3. The first-order chi connectivity index (χ1) is 9.36. The van der Waals surface area contributed by atoms with Crippen molar-refractivity contribution in [3.05, 3.63) is 35.4 Å². The smallest absolute Gasteiger partial charge is 0.208 e. The molecule has 2 N–H and O–H groups in total. The molecule has 0 fully saturated rings. The Hall–Kier alpha value is -1.81. The van der Waals surface area contributed by atoms with E-state index in [2.05, 4.69) is 44.8 Å². The number of hydrogen-bond acceptors (Lipinski definition) is 4. The van der Waals surface area contributed by atoms with Crippen LogP contribution in [-0.4, -0.2) is 12.1 Å². The molecule has 4 nitrogen and oxygen atoms in total. The maximum atomic E-state index is 5.64. The number of hydrogen-bond donors (Lipinski definition) is 1. The number of nitrogens with zero attached hydrogens (tertiary/aromatic N) is 1. The summed E-state index contributed by atoms with van der Waals surface area (Å²) < 4.78 is 11.0. The molecule has 2 aromatic rings. The highest BCUT2D eigenvalue weighted by Crippen LogP contribution is 2.39. The second-order valence-corrected chi connectivity index (χ2v) is 5.97. The number of benzene rings is 1. The van der Waals surface area contributed by atoms with Gasteiger partial charge in [0.1, 0.15) is 17.7 Å². The van der Waals surface area contributed by atoms with Crippen molar-refractivity contribution in [2.45, 2.75) is 39.7 Å². The lowest BCUT2D eigenvalue weighted by Crippen LogP contribution is -2.13. The zero-order valence-corrected chi connectivity index (χ0v) is 12.8. The molecule has 1 aromatic carbocycles. The van der Waals surface area contributed by atoms with Crippen LogP contribution in [0.2, 0.25) is 0 Å². The Kier molecular flexibility index (Phi) is 3.86. The molecule has 1 heterocycles. The molecule has 0 amide bonds. The summed E-state index contributed by atoms with van der Waals surface area (Å²) in [5.74, 6) is 1.38. The molecule has 20 heavy (non-hydrogen) atoms. The highest BCUT2D eigenvalue weighted by molar-refractivity contribution is 5.70. The summed E-state index contributed by atoms with van der Waals surface area (Å²) >= 11 is 0. The van der Waals surface area contributed by atoms with Gasteiger partial charge < -0.3 is 14.9 Å². The van der Waals surface area contributed by atoms with Gasteiger partial charge in [0.15, 0.2) is 0 Å². The summed E-state index contributed by atoms with van der Waals surface area (Å²) in [5.41, 5.74) is 9.58. The van der Waals surface area contributed by atoms with E-state index in [0.717, 1.165) is 22.6 Å². The molecule has 1 aromatic heterocycles. The van der Waals surface area contributed by atoms with E-state index in [9.17, 15) is 0 Å². The van der Waals surface area contributed by atoms with E-state index in [1.807, 2.05) is 0 Å².